The number of amidine groups is 1. The second kappa shape index (κ2) is 19.0. The molecule has 1 heterocycles. The number of allylic oxidation sites excluding steroid dienone is 2. The number of aliphatic hydroxyl groups excluding tert-OH is 2. The molecule has 1 rings (SSSR count). The van der Waals surface area contributed by atoms with Crippen molar-refractivity contribution in [1.29, 1.82) is 0 Å². The average molecular weight is 512 g/mol. The number of rotatable bonds is 20. The first kappa shape index (κ1) is 33.9. The predicted octanol–water partition coefficient (Wildman–Crippen LogP) is -0.0559. The van der Waals surface area contributed by atoms with Crippen LogP contribution in [0.3, 0.4) is 0 Å². The van der Waals surface area contributed by atoms with Crippen LogP contribution in [0.2, 0.25) is 0 Å². The monoisotopic (exact) mass is 511 g/mol. The minimum absolute atomic E-state index is 0. The molecule has 0 aromatic heterocycles. The van der Waals surface area contributed by atoms with Crippen molar-refractivity contribution in [3.8, 4) is 0 Å². The van der Waals surface area contributed by atoms with Crippen molar-refractivity contribution >= 4 is 21.7 Å². The second-order valence-corrected chi connectivity index (χ2v) is 10.6. The molecule has 1 aliphatic rings. The van der Waals surface area contributed by atoms with Crippen LogP contribution in [-0.2, 0) is 14.9 Å². The Kier molecular flexibility index (Phi) is 19.0. The molecule has 0 bridgehead atoms. The van der Waals surface area contributed by atoms with Crippen molar-refractivity contribution < 1.29 is 62.0 Å². The Morgan fingerprint density at radius 1 is 1.09 bits per heavy atom. The van der Waals surface area contributed by atoms with Crippen LogP contribution in [0.1, 0.15) is 84.0 Å². The van der Waals surface area contributed by atoms with Gasteiger partial charge in [0.1, 0.15) is 25.7 Å². The maximum absolute atomic E-state index is 12.8. The normalized spacial score (nSPS) is 19.2. The largest absolute Gasteiger partial charge is 1.00 e. The number of Topliss-reactive ketones (excluding diaryl/α,β-unsaturated/α-hetero) is 1. The molecule has 10 heteroatoms. The molecule has 8 nitrogen and oxygen atoms in total. The first-order chi connectivity index (χ1) is 15.7. The van der Waals surface area contributed by atoms with Crippen molar-refractivity contribution in [2.45, 2.75) is 90.1 Å². The van der Waals surface area contributed by atoms with E-state index in [1.807, 2.05) is 0 Å². The van der Waals surface area contributed by atoms with Crippen molar-refractivity contribution in [2.24, 2.45) is 4.99 Å². The second-order valence-electron chi connectivity index (χ2n) is 9.15. The Balaban J connectivity index is 0.0000109. The van der Waals surface area contributed by atoms with E-state index < -0.39 is 22.0 Å². The fraction of sp³-hybridized carbons (Fsp3) is 0.833. The van der Waals surface area contributed by atoms with Crippen molar-refractivity contribution in [1.82, 2.24) is 0 Å². The summed E-state index contributed by atoms with van der Waals surface area (Å²) >= 11 is 0. The molecule has 0 radical (unpaired) electrons. The van der Waals surface area contributed by atoms with Gasteiger partial charge >= 0.3 is 29.6 Å². The third-order valence-electron chi connectivity index (χ3n) is 6.23. The molecule has 0 amide bonds. The van der Waals surface area contributed by atoms with Crippen LogP contribution in [-0.4, -0.2) is 83.9 Å². The van der Waals surface area contributed by atoms with Gasteiger partial charge in [-0.1, -0.05) is 63.5 Å². The van der Waals surface area contributed by atoms with Gasteiger partial charge in [0.05, 0.1) is 29.0 Å². The Morgan fingerprint density at radius 3 is 2.18 bits per heavy atom. The van der Waals surface area contributed by atoms with Gasteiger partial charge in [-0.25, -0.2) is 13.4 Å². The van der Waals surface area contributed by atoms with Gasteiger partial charge in [-0.05, 0) is 26.2 Å². The Morgan fingerprint density at radius 2 is 1.65 bits per heavy atom. The minimum atomic E-state index is -4.58. The zero-order chi connectivity index (χ0) is 24.6. The third kappa shape index (κ3) is 14.4. The molecule has 0 aromatic rings. The Bertz CT molecular complexity index is 729. The first-order valence-electron chi connectivity index (χ1n) is 12.5. The summed E-state index contributed by atoms with van der Waals surface area (Å²) in [5.41, 5.74) is 0. The van der Waals surface area contributed by atoms with E-state index in [2.05, 4.69) is 24.1 Å². The number of carbonyl (C=O) groups is 1. The number of aliphatic hydroxyl groups is 2. The maximum Gasteiger partial charge on any atom is 1.00 e. The van der Waals surface area contributed by atoms with Crippen LogP contribution in [0, 0.1) is 0 Å². The smallest absolute Gasteiger partial charge is 0.748 e. The van der Waals surface area contributed by atoms with E-state index in [9.17, 15) is 28.0 Å². The zero-order valence-corrected chi connectivity index (χ0v) is 24.1. The van der Waals surface area contributed by atoms with Crippen molar-refractivity contribution in [3.63, 3.8) is 0 Å². The van der Waals surface area contributed by atoms with Gasteiger partial charge in [-0.2, -0.15) is 0 Å². The van der Waals surface area contributed by atoms with Gasteiger partial charge < -0.3 is 14.8 Å². The van der Waals surface area contributed by atoms with Gasteiger partial charge in [0.2, 0.25) is 5.78 Å². The van der Waals surface area contributed by atoms with E-state index >= 15 is 0 Å². The van der Waals surface area contributed by atoms with Crippen molar-refractivity contribution in [2.75, 3.05) is 38.5 Å². The molecule has 2 unspecified atom stereocenters. The number of hydrogen-bond acceptors (Lipinski definition) is 7. The fourth-order valence-corrected chi connectivity index (χ4v) is 5.14. The minimum Gasteiger partial charge on any atom is -0.748 e. The van der Waals surface area contributed by atoms with Crippen LogP contribution >= 0.6 is 0 Å². The summed E-state index contributed by atoms with van der Waals surface area (Å²) in [5, 5.41) is 19.6. The van der Waals surface area contributed by atoms with E-state index in [4.69, 9.17) is 0 Å². The number of ketones is 1. The molecule has 1 aliphatic heterocycles. The fourth-order valence-electron chi connectivity index (χ4n) is 4.57. The van der Waals surface area contributed by atoms with E-state index in [1.165, 1.54) is 51.4 Å². The average Bonchev–Trinajstić information content (AvgIpc) is 3.13. The van der Waals surface area contributed by atoms with E-state index in [-0.39, 0.29) is 59.5 Å². The molecule has 192 valence electrons. The van der Waals surface area contributed by atoms with Crippen molar-refractivity contribution in [3.05, 3.63) is 12.2 Å². The summed E-state index contributed by atoms with van der Waals surface area (Å²) in [6.07, 6.45) is 16.1. The predicted molar refractivity (Wildman–Crippen MR) is 130 cm³/mol. The van der Waals surface area contributed by atoms with E-state index in [0.29, 0.717) is 25.3 Å². The van der Waals surface area contributed by atoms with E-state index in [0.717, 1.165) is 19.3 Å². The number of unbranched alkanes of at least 4 members (excludes halogenated alkanes) is 10. The van der Waals surface area contributed by atoms with Gasteiger partial charge in [-0.3, -0.25) is 9.28 Å². The SMILES string of the molecule is C/C=C/CCCCCCCCCCCCC(=O)C1=NCC[N+]1(CCO)CC(O)CS(=O)(=O)[O-].[Na+]. The molecule has 0 saturated heterocycles. The molecule has 0 spiro atoms. The molecular formula is C24H44N2NaO6S+. The van der Waals surface area contributed by atoms with Crippen LogP contribution in [0.15, 0.2) is 17.1 Å². The summed E-state index contributed by atoms with van der Waals surface area (Å²) in [5.74, 6) is -0.729. The number of nitrogens with zero attached hydrogens (tertiary/aromatic N) is 2. The van der Waals surface area contributed by atoms with Crippen LogP contribution in [0.25, 0.3) is 0 Å². The van der Waals surface area contributed by atoms with Crippen LogP contribution < -0.4 is 29.6 Å². The molecule has 0 saturated carbocycles. The number of aliphatic imine (C=N–C) groups is 1. The summed E-state index contributed by atoms with van der Waals surface area (Å²) in [4.78, 5) is 17.1. The third-order valence-corrected chi connectivity index (χ3v) is 7.03. The molecule has 0 aromatic carbocycles. The molecule has 0 aliphatic carbocycles. The zero-order valence-electron chi connectivity index (χ0n) is 21.3. The van der Waals surface area contributed by atoms with Crippen LogP contribution in [0.5, 0.6) is 0 Å². The molecule has 2 atom stereocenters. The molecular weight excluding hydrogens is 467 g/mol. The number of quaternary nitrogens is 1. The Labute approximate surface area is 228 Å². The van der Waals surface area contributed by atoms with Gasteiger partial charge in [0.25, 0.3) is 5.84 Å². The van der Waals surface area contributed by atoms with Gasteiger partial charge in [0.15, 0.2) is 0 Å². The van der Waals surface area contributed by atoms with E-state index in [1.54, 1.807) is 0 Å². The first-order valence-corrected chi connectivity index (χ1v) is 14.1. The molecule has 34 heavy (non-hydrogen) atoms. The summed E-state index contributed by atoms with van der Waals surface area (Å²) in [7, 11) is -4.58. The van der Waals surface area contributed by atoms with Gasteiger partial charge in [0, 0.05) is 6.42 Å². The van der Waals surface area contributed by atoms with Gasteiger partial charge in [-0.15, -0.1) is 0 Å². The molecule has 2 N–H and O–H groups in total. The van der Waals surface area contributed by atoms with Crippen LogP contribution in [0.4, 0.5) is 0 Å². The summed E-state index contributed by atoms with van der Waals surface area (Å²) in [6.45, 7) is 2.68. The number of hydrogen-bond donors (Lipinski definition) is 2. The topological polar surface area (TPSA) is 127 Å². The molecule has 0 fully saturated rings. The summed E-state index contributed by atoms with van der Waals surface area (Å²) < 4.78 is 32.9. The maximum atomic E-state index is 12.8. The quantitative estimate of drug-likeness (QED) is 0.0775. The Hall–Kier alpha value is -0.130. The summed E-state index contributed by atoms with van der Waals surface area (Å²) in [6, 6.07) is 0. The number of carbonyl (C=O) groups excluding carboxylic acids is 1. The standard InChI is InChI=1S/C24H44N2O6S.Na/c1-2-3-4-5-6-7-8-9-10-11-12-13-14-15-23(29)24-25-16-17-26(24,18-19-27)20-22(28)21-33(30,31)32;/h2-3,22,27-28H,4-21H2,1H3;/q;+1/b3-2+;.